The van der Waals surface area contributed by atoms with E-state index in [2.05, 4.69) is 11.8 Å². The van der Waals surface area contributed by atoms with Crippen molar-refractivity contribution in [1.82, 2.24) is 4.90 Å². The molecule has 2 aliphatic heterocycles. The van der Waals surface area contributed by atoms with E-state index < -0.39 is 0 Å². The highest BCUT2D eigenvalue weighted by Crippen LogP contribution is 2.19. The summed E-state index contributed by atoms with van der Waals surface area (Å²) < 4.78 is 5.50. The number of aliphatic hydroxyl groups is 1. The van der Waals surface area contributed by atoms with E-state index in [9.17, 15) is 5.11 Å². The molecule has 1 N–H and O–H groups in total. The zero-order chi connectivity index (χ0) is 10.7. The average molecular weight is 213 g/mol. The van der Waals surface area contributed by atoms with E-state index >= 15 is 0 Å². The first-order chi connectivity index (χ1) is 7.25. The Labute approximate surface area is 92.4 Å². The molecule has 0 aromatic rings. The lowest BCUT2D eigenvalue weighted by Crippen LogP contribution is -2.42. The predicted molar refractivity (Wildman–Crippen MR) is 59.8 cm³/mol. The summed E-state index contributed by atoms with van der Waals surface area (Å²) >= 11 is 0. The molecule has 2 fully saturated rings. The van der Waals surface area contributed by atoms with Gasteiger partial charge in [0.15, 0.2) is 0 Å². The molecule has 2 atom stereocenters. The lowest BCUT2D eigenvalue weighted by atomic mass is 9.98. The molecule has 0 amide bonds. The first kappa shape index (κ1) is 11.4. The number of β-amino-alcohol motifs (C(OH)–C–C–N with tert-alkyl or cyclic N) is 1. The van der Waals surface area contributed by atoms with Gasteiger partial charge in [-0.15, -0.1) is 0 Å². The van der Waals surface area contributed by atoms with Gasteiger partial charge in [0.25, 0.3) is 0 Å². The lowest BCUT2D eigenvalue weighted by Gasteiger charge is -2.32. The minimum Gasteiger partial charge on any atom is -0.389 e. The number of rotatable bonds is 3. The smallest absolute Gasteiger partial charge is 0.0928 e. The fraction of sp³-hybridized carbons (Fsp3) is 1.00. The number of piperidine rings is 1. The number of aliphatic hydroxyl groups excluding tert-OH is 1. The van der Waals surface area contributed by atoms with Crippen LogP contribution in [0.2, 0.25) is 0 Å². The van der Waals surface area contributed by atoms with Gasteiger partial charge in [0, 0.05) is 13.2 Å². The van der Waals surface area contributed by atoms with Crippen LogP contribution in [0.3, 0.4) is 0 Å². The van der Waals surface area contributed by atoms with Crippen LogP contribution in [-0.4, -0.2) is 48.5 Å². The van der Waals surface area contributed by atoms with E-state index in [-0.39, 0.29) is 12.2 Å². The third-order valence-corrected chi connectivity index (χ3v) is 3.72. The summed E-state index contributed by atoms with van der Waals surface area (Å²) in [4.78, 5) is 2.38. The molecule has 0 radical (unpaired) electrons. The van der Waals surface area contributed by atoms with Gasteiger partial charge in [-0.2, -0.15) is 0 Å². The summed E-state index contributed by atoms with van der Waals surface area (Å²) in [5.41, 5.74) is 0. The minimum absolute atomic E-state index is 0.101. The molecule has 0 spiro atoms. The largest absolute Gasteiger partial charge is 0.389 e. The normalized spacial score (nSPS) is 32.0. The van der Waals surface area contributed by atoms with E-state index in [1.54, 1.807) is 0 Å². The van der Waals surface area contributed by atoms with Gasteiger partial charge < -0.3 is 14.7 Å². The summed E-state index contributed by atoms with van der Waals surface area (Å²) in [6.45, 7) is 6.24. The van der Waals surface area contributed by atoms with Gasteiger partial charge >= 0.3 is 0 Å². The monoisotopic (exact) mass is 213 g/mol. The molecular weight excluding hydrogens is 190 g/mol. The molecule has 2 aliphatic rings. The third-order valence-electron chi connectivity index (χ3n) is 3.72. The van der Waals surface area contributed by atoms with Crippen LogP contribution in [0.5, 0.6) is 0 Å². The van der Waals surface area contributed by atoms with E-state index in [0.717, 1.165) is 45.0 Å². The summed E-state index contributed by atoms with van der Waals surface area (Å²) in [5, 5.41) is 10.0. The number of hydrogen-bond acceptors (Lipinski definition) is 3. The van der Waals surface area contributed by atoms with Crippen molar-refractivity contribution < 1.29 is 9.84 Å². The second kappa shape index (κ2) is 5.28. The van der Waals surface area contributed by atoms with Gasteiger partial charge in [-0.05, 0) is 44.7 Å². The van der Waals surface area contributed by atoms with Crippen molar-refractivity contribution in [3.05, 3.63) is 0 Å². The number of likely N-dealkylation sites (tertiary alicyclic amines) is 1. The Hall–Kier alpha value is -0.120. The number of ether oxygens (including phenoxy) is 1. The summed E-state index contributed by atoms with van der Waals surface area (Å²) in [7, 11) is 0. The van der Waals surface area contributed by atoms with E-state index in [1.165, 1.54) is 12.8 Å². The van der Waals surface area contributed by atoms with Crippen LogP contribution in [0.1, 0.15) is 32.6 Å². The topological polar surface area (TPSA) is 32.7 Å². The van der Waals surface area contributed by atoms with Crippen molar-refractivity contribution in [2.75, 3.05) is 26.2 Å². The molecule has 0 aliphatic carbocycles. The van der Waals surface area contributed by atoms with Crippen molar-refractivity contribution in [2.45, 2.75) is 44.8 Å². The Morgan fingerprint density at radius 2 is 2.07 bits per heavy atom. The zero-order valence-electron chi connectivity index (χ0n) is 9.69. The summed E-state index contributed by atoms with van der Waals surface area (Å²) in [6.07, 6.45) is 4.52. The van der Waals surface area contributed by atoms with Crippen LogP contribution in [0.25, 0.3) is 0 Å². The van der Waals surface area contributed by atoms with Crippen molar-refractivity contribution in [3.8, 4) is 0 Å². The Morgan fingerprint density at radius 3 is 2.67 bits per heavy atom. The predicted octanol–water partition coefficient (Wildman–Crippen LogP) is 1.26. The van der Waals surface area contributed by atoms with Gasteiger partial charge in [0.2, 0.25) is 0 Å². The maximum absolute atomic E-state index is 10.0. The highest BCUT2D eigenvalue weighted by atomic mass is 16.5. The van der Waals surface area contributed by atoms with Gasteiger partial charge in [-0.1, -0.05) is 6.92 Å². The third kappa shape index (κ3) is 3.16. The molecule has 2 heterocycles. The van der Waals surface area contributed by atoms with Crippen molar-refractivity contribution in [2.24, 2.45) is 5.92 Å². The molecule has 2 rings (SSSR count). The molecule has 15 heavy (non-hydrogen) atoms. The van der Waals surface area contributed by atoms with Gasteiger partial charge in [-0.25, -0.2) is 0 Å². The molecule has 2 saturated heterocycles. The quantitative estimate of drug-likeness (QED) is 0.766. The lowest BCUT2D eigenvalue weighted by molar-refractivity contribution is -0.0223. The fourth-order valence-electron chi connectivity index (χ4n) is 2.53. The molecule has 3 heteroatoms. The Bertz CT molecular complexity index is 184. The first-order valence-electron chi connectivity index (χ1n) is 6.27. The summed E-state index contributed by atoms with van der Waals surface area (Å²) in [5.74, 6) is 0.862. The highest BCUT2D eigenvalue weighted by molar-refractivity contribution is 4.79. The van der Waals surface area contributed by atoms with Crippen LogP contribution >= 0.6 is 0 Å². The van der Waals surface area contributed by atoms with Crippen molar-refractivity contribution in [3.63, 3.8) is 0 Å². The molecule has 0 bridgehead atoms. The summed E-state index contributed by atoms with van der Waals surface area (Å²) in [6, 6.07) is 0. The zero-order valence-corrected chi connectivity index (χ0v) is 9.69. The fourth-order valence-corrected chi connectivity index (χ4v) is 2.53. The van der Waals surface area contributed by atoms with Crippen LogP contribution in [0.15, 0.2) is 0 Å². The SMILES string of the molecule is CC1CCN(CC(O)C2CCCO2)CC1. The minimum atomic E-state index is -0.277. The molecular formula is C12H23NO2. The Morgan fingerprint density at radius 1 is 1.33 bits per heavy atom. The second-order valence-electron chi connectivity index (χ2n) is 5.10. The van der Waals surface area contributed by atoms with E-state index in [0.29, 0.717) is 0 Å². The maximum Gasteiger partial charge on any atom is 0.0928 e. The number of nitrogens with zero attached hydrogens (tertiary/aromatic N) is 1. The van der Waals surface area contributed by atoms with Crippen molar-refractivity contribution in [1.29, 1.82) is 0 Å². The van der Waals surface area contributed by atoms with E-state index in [1.807, 2.05) is 0 Å². The Kier molecular flexibility index (Phi) is 4.00. The molecule has 0 aromatic heterocycles. The van der Waals surface area contributed by atoms with Crippen LogP contribution in [0.4, 0.5) is 0 Å². The molecule has 3 nitrogen and oxygen atoms in total. The Balaban J connectivity index is 1.71. The molecule has 2 unspecified atom stereocenters. The first-order valence-corrected chi connectivity index (χ1v) is 6.27. The molecule has 0 saturated carbocycles. The maximum atomic E-state index is 10.0. The standard InChI is InChI=1S/C12H23NO2/c1-10-4-6-13(7-5-10)9-11(14)12-3-2-8-15-12/h10-12,14H,2-9H2,1H3. The van der Waals surface area contributed by atoms with E-state index in [4.69, 9.17) is 4.74 Å². The molecule has 88 valence electrons. The van der Waals surface area contributed by atoms with Gasteiger partial charge in [0.05, 0.1) is 12.2 Å². The molecule has 0 aromatic carbocycles. The average Bonchev–Trinajstić information content (AvgIpc) is 2.74. The highest BCUT2D eigenvalue weighted by Gasteiger charge is 2.26. The van der Waals surface area contributed by atoms with Crippen molar-refractivity contribution >= 4 is 0 Å². The van der Waals surface area contributed by atoms with Gasteiger partial charge in [-0.3, -0.25) is 0 Å². The van der Waals surface area contributed by atoms with Crippen LogP contribution in [0, 0.1) is 5.92 Å². The number of hydrogen-bond donors (Lipinski definition) is 1. The van der Waals surface area contributed by atoms with Crippen LogP contribution < -0.4 is 0 Å². The van der Waals surface area contributed by atoms with Gasteiger partial charge in [0.1, 0.15) is 0 Å². The second-order valence-corrected chi connectivity index (χ2v) is 5.10. The van der Waals surface area contributed by atoms with Crippen LogP contribution in [-0.2, 0) is 4.74 Å².